The average Bonchev–Trinajstić information content (AvgIpc) is 2.49. The molecular weight excluding hydrogens is 274 g/mol. The van der Waals surface area contributed by atoms with Crippen molar-refractivity contribution in [2.45, 2.75) is 6.92 Å². The maximum atomic E-state index is 10.8. The number of rotatable bonds is 2. The molecule has 2 aliphatic rings. The minimum atomic E-state index is -0.316. The maximum absolute atomic E-state index is 10.8. The summed E-state index contributed by atoms with van der Waals surface area (Å²) < 4.78 is 6.13. The van der Waals surface area contributed by atoms with Crippen LogP contribution in [0.2, 0.25) is 0 Å². The van der Waals surface area contributed by atoms with Crippen LogP contribution in [0, 0.1) is 0 Å². The molecule has 0 aliphatic carbocycles. The van der Waals surface area contributed by atoms with Crippen LogP contribution in [-0.4, -0.2) is 35.1 Å². The second kappa shape index (κ2) is 3.95. The Labute approximate surface area is 102 Å². The van der Waals surface area contributed by atoms with Crippen molar-refractivity contribution in [3.8, 4) is 0 Å². The lowest BCUT2D eigenvalue weighted by Gasteiger charge is -2.25. The van der Waals surface area contributed by atoms with Crippen LogP contribution < -0.4 is 0 Å². The average molecular weight is 285 g/mol. The zero-order valence-corrected chi connectivity index (χ0v) is 10.6. The molecule has 0 aromatic carbocycles. The van der Waals surface area contributed by atoms with Crippen molar-refractivity contribution >= 4 is 32.9 Å². The van der Waals surface area contributed by atoms with E-state index in [1.807, 2.05) is 13.2 Å². The Morgan fingerprint density at radius 3 is 3.06 bits per heavy atom. The maximum Gasteiger partial charge on any atom is 0.303 e. The molecule has 1 atom stereocenters. The van der Waals surface area contributed by atoms with Crippen LogP contribution in [0.5, 0.6) is 0 Å². The minimum absolute atomic E-state index is 0.174. The van der Waals surface area contributed by atoms with Gasteiger partial charge in [0, 0.05) is 22.9 Å². The molecule has 0 fully saturated rings. The Morgan fingerprint density at radius 1 is 1.62 bits per heavy atom. The number of fused-ring (bicyclic) bond motifs is 1. The Balaban J connectivity index is 2.30. The molecule has 6 heteroatoms. The number of aliphatic imine (C=N–C) groups is 2. The van der Waals surface area contributed by atoms with Gasteiger partial charge in [0.15, 0.2) is 5.70 Å². The van der Waals surface area contributed by atoms with Crippen LogP contribution in [0.3, 0.4) is 0 Å². The first-order chi connectivity index (χ1) is 7.54. The second-order valence-electron chi connectivity index (χ2n) is 3.64. The summed E-state index contributed by atoms with van der Waals surface area (Å²) in [7, 11) is 1.98. The molecule has 2 heterocycles. The highest BCUT2D eigenvalue weighted by Crippen LogP contribution is 2.31. The summed E-state index contributed by atoms with van der Waals surface area (Å²) in [5, 5.41) is 0. The van der Waals surface area contributed by atoms with E-state index in [0.717, 1.165) is 16.1 Å². The lowest BCUT2D eigenvalue weighted by Crippen LogP contribution is -2.39. The van der Waals surface area contributed by atoms with Crippen LogP contribution in [0.1, 0.15) is 6.92 Å². The summed E-state index contributed by atoms with van der Waals surface area (Å²) in [4.78, 5) is 19.2. The van der Waals surface area contributed by atoms with E-state index >= 15 is 0 Å². The van der Waals surface area contributed by atoms with E-state index in [2.05, 4.69) is 25.9 Å². The Hall–Kier alpha value is -1.27. The molecule has 16 heavy (non-hydrogen) atoms. The molecule has 0 radical (unpaired) electrons. The molecule has 1 unspecified atom stereocenters. The summed E-state index contributed by atoms with van der Waals surface area (Å²) in [6.07, 6.45) is 5.36. The van der Waals surface area contributed by atoms with Crippen molar-refractivity contribution in [1.82, 2.24) is 0 Å². The Morgan fingerprint density at radius 2 is 2.38 bits per heavy atom. The van der Waals surface area contributed by atoms with Crippen LogP contribution >= 0.6 is 15.9 Å². The molecular formula is C10H11BrN3O2+. The standard InChI is InChI=1S/C10H11BrN3O2/c1-7(15)16-6-8-9-5-12-3-4-14(9,2)10(11)13-8/h3-5H,6H2,1-2H3/q+1. The number of halogens is 1. The molecule has 0 spiro atoms. The highest BCUT2D eigenvalue weighted by atomic mass is 79.9. The van der Waals surface area contributed by atoms with Crippen LogP contribution in [0.4, 0.5) is 0 Å². The number of hydrogen-bond acceptors (Lipinski definition) is 4. The van der Waals surface area contributed by atoms with E-state index in [-0.39, 0.29) is 12.6 Å². The van der Waals surface area contributed by atoms with Gasteiger partial charge in [0.25, 0.3) is 4.74 Å². The molecule has 2 rings (SSSR count). The third kappa shape index (κ3) is 1.74. The molecule has 84 valence electrons. The Bertz CT molecular complexity index is 465. The number of allylic oxidation sites excluding steroid dienone is 1. The zero-order chi connectivity index (χ0) is 11.8. The largest absolute Gasteiger partial charge is 0.459 e. The van der Waals surface area contributed by atoms with E-state index < -0.39 is 0 Å². The molecule has 0 aromatic rings. The highest BCUT2D eigenvalue weighted by molar-refractivity contribution is 9.18. The third-order valence-corrected chi connectivity index (χ3v) is 3.38. The van der Waals surface area contributed by atoms with E-state index in [1.165, 1.54) is 6.92 Å². The lowest BCUT2D eigenvalue weighted by molar-refractivity contribution is -0.709. The second-order valence-corrected chi connectivity index (χ2v) is 4.35. The predicted molar refractivity (Wildman–Crippen MR) is 63.8 cm³/mol. The van der Waals surface area contributed by atoms with Crippen LogP contribution in [0.25, 0.3) is 0 Å². The normalized spacial score (nSPS) is 26.8. The van der Waals surface area contributed by atoms with Crippen molar-refractivity contribution in [1.29, 1.82) is 0 Å². The lowest BCUT2D eigenvalue weighted by atomic mass is 10.3. The number of ether oxygens (including phenoxy) is 1. The van der Waals surface area contributed by atoms with Gasteiger partial charge in [-0.1, -0.05) is 0 Å². The molecule has 0 aromatic heterocycles. The fourth-order valence-corrected chi connectivity index (χ4v) is 2.06. The quantitative estimate of drug-likeness (QED) is 0.439. The van der Waals surface area contributed by atoms with Gasteiger partial charge in [-0.05, 0) is 0 Å². The molecule has 0 N–H and O–H groups in total. The van der Waals surface area contributed by atoms with Gasteiger partial charge < -0.3 is 4.74 Å². The minimum Gasteiger partial charge on any atom is -0.459 e. The topological polar surface area (TPSA) is 51.0 Å². The van der Waals surface area contributed by atoms with Gasteiger partial charge in [-0.25, -0.2) is 4.48 Å². The molecule has 0 amide bonds. The summed E-state index contributed by atoms with van der Waals surface area (Å²) in [6, 6.07) is 0. The van der Waals surface area contributed by atoms with Crippen molar-refractivity contribution in [2.75, 3.05) is 13.7 Å². The van der Waals surface area contributed by atoms with E-state index in [0.29, 0.717) is 4.48 Å². The highest BCUT2D eigenvalue weighted by Gasteiger charge is 2.40. The SMILES string of the molecule is CC(=O)OCC1=C2C=NC=C[N+]2(C)C(Br)=N1. The van der Waals surface area contributed by atoms with Crippen molar-refractivity contribution in [2.24, 2.45) is 9.98 Å². The van der Waals surface area contributed by atoms with Crippen LogP contribution in [0.15, 0.2) is 33.8 Å². The first-order valence-corrected chi connectivity index (χ1v) is 5.52. The molecule has 0 saturated carbocycles. The van der Waals surface area contributed by atoms with Gasteiger partial charge in [0.1, 0.15) is 18.5 Å². The number of nitrogens with zero attached hydrogens (tertiary/aromatic N) is 3. The fourth-order valence-electron chi connectivity index (χ4n) is 1.54. The molecule has 0 bridgehead atoms. The van der Waals surface area contributed by atoms with Gasteiger partial charge in [-0.2, -0.15) is 4.99 Å². The van der Waals surface area contributed by atoms with Crippen molar-refractivity contribution < 1.29 is 14.0 Å². The summed E-state index contributed by atoms with van der Waals surface area (Å²) >= 11 is 3.41. The van der Waals surface area contributed by atoms with Gasteiger partial charge in [-0.3, -0.25) is 9.79 Å². The monoisotopic (exact) mass is 284 g/mol. The zero-order valence-electron chi connectivity index (χ0n) is 8.98. The first-order valence-electron chi connectivity index (χ1n) is 4.73. The van der Waals surface area contributed by atoms with Crippen molar-refractivity contribution in [3.05, 3.63) is 23.8 Å². The molecule has 0 saturated heterocycles. The number of carbonyl (C=O) groups excluding carboxylic acids is 1. The van der Waals surface area contributed by atoms with Gasteiger partial charge in [-0.15, -0.1) is 0 Å². The van der Waals surface area contributed by atoms with E-state index in [1.54, 1.807) is 12.4 Å². The Kier molecular flexibility index (Phi) is 2.77. The number of amidine groups is 1. The van der Waals surface area contributed by atoms with Gasteiger partial charge in [0.05, 0.1) is 19.5 Å². The number of carbonyl (C=O) groups is 1. The summed E-state index contributed by atoms with van der Waals surface area (Å²) in [5.41, 5.74) is 1.63. The summed E-state index contributed by atoms with van der Waals surface area (Å²) in [5.74, 6) is -0.316. The van der Waals surface area contributed by atoms with Crippen molar-refractivity contribution in [3.63, 3.8) is 0 Å². The van der Waals surface area contributed by atoms with Crippen LogP contribution in [-0.2, 0) is 9.53 Å². The fraction of sp³-hybridized carbons (Fsp3) is 0.300. The number of hydrogen-bond donors (Lipinski definition) is 0. The first kappa shape index (κ1) is 11.2. The number of quaternary nitrogens is 1. The van der Waals surface area contributed by atoms with Gasteiger partial charge in [0.2, 0.25) is 0 Å². The molecule has 2 aliphatic heterocycles. The van der Waals surface area contributed by atoms with E-state index in [9.17, 15) is 4.79 Å². The smallest absolute Gasteiger partial charge is 0.303 e. The van der Waals surface area contributed by atoms with E-state index in [4.69, 9.17) is 4.74 Å². The number of esters is 1. The van der Waals surface area contributed by atoms with Gasteiger partial charge >= 0.3 is 5.97 Å². The molecule has 5 nitrogen and oxygen atoms in total. The summed E-state index contributed by atoms with van der Waals surface area (Å²) in [6.45, 7) is 1.55. The predicted octanol–water partition coefficient (Wildman–Crippen LogP) is 1.53. The third-order valence-electron chi connectivity index (χ3n) is 2.47.